The normalized spacial score (nSPS) is 11.2. The zero-order valence-corrected chi connectivity index (χ0v) is 9.99. The summed E-state index contributed by atoms with van der Waals surface area (Å²) in [5.41, 5.74) is 7.05. The van der Waals surface area contributed by atoms with Crippen molar-refractivity contribution in [3.05, 3.63) is 58.7 Å². The summed E-state index contributed by atoms with van der Waals surface area (Å²) in [6.45, 7) is 6.29. The van der Waals surface area contributed by atoms with E-state index in [1.54, 1.807) is 29.7 Å². The molecule has 16 heavy (non-hydrogen) atoms. The predicted molar refractivity (Wildman–Crippen MR) is 65.5 cm³/mol. The van der Waals surface area contributed by atoms with Gasteiger partial charge in [0, 0.05) is 18.6 Å². The molecule has 1 aromatic heterocycles. The lowest BCUT2D eigenvalue weighted by Crippen LogP contribution is -1.77. The molecular formula is C14H16N2. The second-order valence-electron chi connectivity index (χ2n) is 4.17. The van der Waals surface area contributed by atoms with Gasteiger partial charge in [0.1, 0.15) is 0 Å². The van der Waals surface area contributed by atoms with Crippen LogP contribution in [0.2, 0.25) is 0 Å². The van der Waals surface area contributed by atoms with E-state index in [-0.39, 0.29) is 0 Å². The van der Waals surface area contributed by atoms with Crippen molar-refractivity contribution in [2.45, 2.75) is 27.2 Å². The fourth-order valence-electron chi connectivity index (χ4n) is 1.64. The van der Waals surface area contributed by atoms with Gasteiger partial charge in [0.25, 0.3) is 0 Å². The Bertz CT molecular complexity index is 486. The Labute approximate surface area is 96.4 Å². The van der Waals surface area contributed by atoms with Crippen LogP contribution in [0.5, 0.6) is 0 Å². The van der Waals surface area contributed by atoms with Gasteiger partial charge in [-0.25, -0.2) is 0 Å². The Kier molecular flexibility index (Phi) is 3.00. The molecule has 0 amide bonds. The van der Waals surface area contributed by atoms with Crippen molar-refractivity contribution in [1.82, 2.24) is 9.97 Å². The summed E-state index contributed by atoms with van der Waals surface area (Å²) in [4.78, 5) is 7.74. The second kappa shape index (κ2) is 4.44. The molecule has 2 heteroatoms. The lowest BCUT2D eigenvalue weighted by atomic mass is 10.1. The lowest BCUT2D eigenvalue weighted by molar-refractivity contribution is 1.12. The predicted octanol–water partition coefficient (Wildman–Crippen LogP) is 2.99. The quantitative estimate of drug-likeness (QED) is 0.572. The third-order valence-corrected chi connectivity index (χ3v) is 2.90. The summed E-state index contributed by atoms with van der Waals surface area (Å²) < 4.78 is 0. The van der Waals surface area contributed by atoms with Crippen molar-refractivity contribution in [2.75, 3.05) is 0 Å². The first kappa shape index (κ1) is 10.8. The van der Waals surface area contributed by atoms with E-state index in [0.29, 0.717) is 0 Å². The molecule has 1 aliphatic rings. The molecule has 0 bridgehead atoms. The SMILES string of the molecule is Cc1ccc2c(c1C)C2.Cc1cnccn1. The van der Waals surface area contributed by atoms with Crippen LogP contribution in [0.3, 0.4) is 0 Å². The highest BCUT2D eigenvalue weighted by molar-refractivity contribution is 5.52. The number of nitrogens with zero attached hydrogens (tertiary/aromatic N) is 2. The average molecular weight is 212 g/mol. The van der Waals surface area contributed by atoms with Crippen molar-refractivity contribution in [2.24, 2.45) is 0 Å². The molecule has 0 atom stereocenters. The highest BCUT2D eigenvalue weighted by Gasteiger charge is 2.18. The summed E-state index contributed by atoms with van der Waals surface area (Å²) in [6.07, 6.45) is 6.31. The molecule has 0 radical (unpaired) electrons. The third kappa shape index (κ3) is 2.45. The number of hydrogen-bond acceptors (Lipinski definition) is 2. The van der Waals surface area contributed by atoms with Crippen LogP contribution in [-0.4, -0.2) is 9.97 Å². The van der Waals surface area contributed by atoms with Gasteiger partial charge in [-0.1, -0.05) is 12.1 Å². The van der Waals surface area contributed by atoms with Gasteiger partial charge in [0.15, 0.2) is 0 Å². The molecule has 1 heterocycles. The van der Waals surface area contributed by atoms with Gasteiger partial charge < -0.3 is 0 Å². The van der Waals surface area contributed by atoms with Crippen LogP contribution in [0.15, 0.2) is 30.7 Å². The van der Waals surface area contributed by atoms with E-state index >= 15 is 0 Å². The number of rotatable bonds is 0. The minimum atomic E-state index is 0.961. The Morgan fingerprint density at radius 1 is 1.06 bits per heavy atom. The summed E-state index contributed by atoms with van der Waals surface area (Å²) >= 11 is 0. The zero-order chi connectivity index (χ0) is 11.5. The number of hydrogen-bond donors (Lipinski definition) is 0. The molecule has 0 N–H and O–H groups in total. The van der Waals surface area contributed by atoms with E-state index in [1.807, 2.05) is 6.92 Å². The van der Waals surface area contributed by atoms with Gasteiger partial charge in [0.2, 0.25) is 0 Å². The zero-order valence-electron chi connectivity index (χ0n) is 9.99. The maximum absolute atomic E-state index is 3.92. The first-order valence-corrected chi connectivity index (χ1v) is 5.49. The molecule has 82 valence electrons. The molecule has 0 aliphatic heterocycles. The summed E-state index contributed by atoms with van der Waals surface area (Å²) in [5, 5.41) is 0. The Morgan fingerprint density at radius 3 is 2.38 bits per heavy atom. The van der Waals surface area contributed by atoms with Gasteiger partial charge >= 0.3 is 0 Å². The smallest absolute Gasteiger partial charge is 0.0555 e. The Balaban J connectivity index is 0.000000125. The molecule has 0 spiro atoms. The molecule has 0 fully saturated rings. The van der Waals surface area contributed by atoms with Crippen LogP contribution in [0, 0.1) is 20.8 Å². The summed E-state index contributed by atoms with van der Waals surface area (Å²) in [6, 6.07) is 4.44. The van der Waals surface area contributed by atoms with Crippen LogP contribution < -0.4 is 0 Å². The van der Waals surface area contributed by atoms with E-state index in [1.165, 1.54) is 17.5 Å². The minimum absolute atomic E-state index is 0.961. The third-order valence-electron chi connectivity index (χ3n) is 2.90. The van der Waals surface area contributed by atoms with Gasteiger partial charge in [-0.15, -0.1) is 0 Å². The van der Waals surface area contributed by atoms with Crippen LogP contribution in [-0.2, 0) is 6.42 Å². The van der Waals surface area contributed by atoms with E-state index < -0.39 is 0 Å². The van der Waals surface area contributed by atoms with Crippen molar-refractivity contribution in [3.8, 4) is 0 Å². The molecule has 0 saturated carbocycles. The molecule has 0 saturated heterocycles. The largest absolute Gasteiger partial charge is 0.261 e. The topological polar surface area (TPSA) is 25.8 Å². The fourth-order valence-corrected chi connectivity index (χ4v) is 1.64. The molecule has 1 aromatic carbocycles. The minimum Gasteiger partial charge on any atom is -0.261 e. The molecule has 2 aromatic rings. The van der Waals surface area contributed by atoms with Crippen molar-refractivity contribution < 1.29 is 0 Å². The van der Waals surface area contributed by atoms with Gasteiger partial charge in [0.05, 0.1) is 5.69 Å². The van der Waals surface area contributed by atoms with Crippen LogP contribution in [0.1, 0.15) is 27.9 Å². The highest BCUT2D eigenvalue weighted by Crippen LogP contribution is 2.32. The van der Waals surface area contributed by atoms with E-state index in [4.69, 9.17) is 0 Å². The van der Waals surface area contributed by atoms with Crippen LogP contribution in [0.25, 0.3) is 0 Å². The maximum Gasteiger partial charge on any atom is 0.0555 e. The second-order valence-corrected chi connectivity index (χ2v) is 4.17. The Hall–Kier alpha value is -1.70. The highest BCUT2D eigenvalue weighted by atomic mass is 14.7. The lowest BCUT2D eigenvalue weighted by Gasteiger charge is -1.93. The van der Waals surface area contributed by atoms with Gasteiger partial charge in [-0.05, 0) is 49.4 Å². The molecule has 0 unspecified atom stereocenters. The summed E-state index contributed by atoms with van der Waals surface area (Å²) in [7, 11) is 0. The monoisotopic (exact) mass is 212 g/mol. The van der Waals surface area contributed by atoms with Crippen molar-refractivity contribution >= 4 is 0 Å². The van der Waals surface area contributed by atoms with Crippen molar-refractivity contribution in [3.63, 3.8) is 0 Å². The van der Waals surface area contributed by atoms with E-state index in [9.17, 15) is 0 Å². The molecular weight excluding hydrogens is 196 g/mol. The first-order valence-electron chi connectivity index (χ1n) is 5.49. The number of benzene rings is 1. The Morgan fingerprint density at radius 2 is 1.88 bits per heavy atom. The number of aromatic nitrogens is 2. The van der Waals surface area contributed by atoms with Crippen LogP contribution in [0.4, 0.5) is 0 Å². The molecule has 3 rings (SSSR count). The van der Waals surface area contributed by atoms with Gasteiger partial charge in [-0.3, -0.25) is 9.97 Å². The molecule has 1 aliphatic carbocycles. The fraction of sp³-hybridized carbons (Fsp3) is 0.286. The average Bonchev–Trinajstić information content (AvgIpc) is 3.06. The standard InChI is InChI=1S/C9H10.C5H6N2/c1-6-3-4-8-5-9(8)7(6)2;1-5-4-6-2-3-7-5/h3-4H,5H2,1-2H3;2-4H,1H3. The summed E-state index contributed by atoms with van der Waals surface area (Å²) in [5.74, 6) is 0. The number of aryl methyl sites for hydroxylation is 2. The van der Waals surface area contributed by atoms with Crippen LogP contribution >= 0.6 is 0 Å². The number of fused-ring (bicyclic) bond motifs is 1. The molecule has 2 nitrogen and oxygen atoms in total. The van der Waals surface area contributed by atoms with E-state index in [0.717, 1.165) is 5.69 Å². The van der Waals surface area contributed by atoms with Gasteiger partial charge in [-0.2, -0.15) is 0 Å². The first-order chi connectivity index (χ1) is 7.68. The van der Waals surface area contributed by atoms with Crippen molar-refractivity contribution in [1.29, 1.82) is 0 Å². The van der Waals surface area contributed by atoms with E-state index in [2.05, 4.69) is 35.9 Å². The maximum atomic E-state index is 3.92.